The third-order valence-corrected chi connectivity index (χ3v) is 9.08. The number of nitrogens with zero attached hydrogens (tertiary/aromatic N) is 2. The van der Waals surface area contributed by atoms with E-state index >= 15 is 0 Å². The van der Waals surface area contributed by atoms with Crippen molar-refractivity contribution in [2.75, 3.05) is 11.6 Å². The zero-order chi connectivity index (χ0) is 21.8. The fourth-order valence-electron chi connectivity index (χ4n) is 3.30. The van der Waals surface area contributed by atoms with E-state index in [1.54, 1.807) is 12.1 Å². The second-order valence-electron chi connectivity index (χ2n) is 7.13. The lowest BCUT2D eigenvalue weighted by atomic mass is 10.2. The Labute approximate surface area is 190 Å². The molecule has 9 heteroatoms. The molecule has 1 aliphatic heterocycles. The number of aryl methyl sites for hydroxylation is 1. The number of sulfonamides is 1. The molecule has 1 atom stereocenters. The van der Waals surface area contributed by atoms with Crippen molar-refractivity contribution in [1.82, 2.24) is 14.6 Å². The molecule has 3 aromatic rings. The first-order valence-electron chi connectivity index (χ1n) is 9.95. The Hall–Kier alpha value is -2.20. The molecule has 0 saturated carbocycles. The third kappa shape index (κ3) is 4.85. The Morgan fingerprint density at radius 3 is 2.61 bits per heavy atom. The lowest BCUT2D eigenvalue weighted by Crippen LogP contribution is -2.46. The summed E-state index contributed by atoms with van der Waals surface area (Å²) in [7, 11) is -3.73. The Balaban J connectivity index is 1.42. The summed E-state index contributed by atoms with van der Waals surface area (Å²) in [5.74, 6) is 0.405. The van der Waals surface area contributed by atoms with Crippen LogP contribution in [0.25, 0.3) is 10.6 Å². The van der Waals surface area contributed by atoms with Gasteiger partial charge >= 0.3 is 0 Å². The Bertz CT molecular complexity index is 1150. The molecule has 0 spiro atoms. The molecule has 1 amide bonds. The zero-order valence-corrected chi connectivity index (χ0v) is 19.5. The summed E-state index contributed by atoms with van der Waals surface area (Å²) in [6.07, 6.45) is 0.841. The van der Waals surface area contributed by atoms with Crippen molar-refractivity contribution in [2.45, 2.75) is 30.8 Å². The highest BCUT2D eigenvalue weighted by Crippen LogP contribution is 2.29. The van der Waals surface area contributed by atoms with Gasteiger partial charge in [-0.15, -0.1) is 23.1 Å². The van der Waals surface area contributed by atoms with Gasteiger partial charge in [0.05, 0.1) is 23.0 Å². The lowest BCUT2D eigenvalue weighted by molar-refractivity contribution is -0.124. The summed E-state index contributed by atoms with van der Waals surface area (Å²) < 4.78 is 27.5. The van der Waals surface area contributed by atoms with E-state index in [9.17, 15) is 13.2 Å². The summed E-state index contributed by atoms with van der Waals surface area (Å²) >= 11 is 2.96. The predicted molar refractivity (Wildman–Crippen MR) is 125 cm³/mol. The minimum absolute atomic E-state index is 0.219. The quantitative estimate of drug-likeness (QED) is 0.565. The Kier molecular flexibility index (Phi) is 6.76. The van der Waals surface area contributed by atoms with Crippen LogP contribution < -0.4 is 5.32 Å². The standard InChI is InChI=1S/C22H23N3O3S3/c1-2-16-8-10-19(11-9-16)31(27,28)25-15-29-14-20(25)21(26)23-12-18-13-30-22(24-18)17-6-4-3-5-7-17/h3-11,13,20H,2,12,14-15H2,1H3,(H,23,26)/t20-/m1/s1. The number of carbonyl (C=O) groups is 1. The first kappa shape index (κ1) is 22.0. The molecule has 2 heterocycles. The van der Waals surface area contributed by atoms with E-state index < -0.39 is 16.1 Å². The maximum Gasteiger partial charge on any atom is 0.244 e. The number of thiazole rings is 1. The zero-order valence-electron chi connectivity index (χ0n) is 17.0. The molecule has 162 valence electrons. The van der Waals surface area contributed by atoms with Gasteiger partial charge < -0.3 is 5.32 Å². The van der Waals surface area contributed by atoms with Crippen LogP contribution in [0.5, 0.6) is 0 Å². The highest BCUT2D eigenvalue weighted by Gasteiger charge is 2.39. The van der Waals surface area contributed by atoms with Gasteiger partial charge in [0.15, 0.2) is 0 Å². The molecule has 6 nitrogen and oxygen atoms in total. The first-order chi connectivity index (χ1) is 15.0. The van der Waals surface area contributed by atoms with E-state index in [2.05, 4.69) is 10.3 Å². The second kappa shape index (κ2) is 9.52. The molecular formula is C22H23N3O3S3. The fourth-order valence-corrected chi connectivity index (χ4v) is 7.28. The number of carbonyl (C=O) groups excluding carboxylic acids is 1. The minimum atomic E-state index is -3.73. The number of nitrogens with one attached hydrogen (secondary N) is 1. The Morgan fingerprint density at radius 1 is 1.16 bits per heavy atom. The van der Waals surface area contributed by atoms with Crippen molar-refractivity contribution >= 4 is 39.0 Å². The smallest absolute Gasteiger partial charge is 0.244 e. The first-order valence-corrected chi connectivity index (χ1v) is 13.4. The van der Waals surface area contributed by atoms with Crippen molar-refractivity contribution in [2.24, 2.45) is 0 Å². The highest BCUT2D eigenvalue weighted by molar-refractivity contribution is 8.00. The van der Waals surface area contributed by atoms with Crippen LogP contribution in [0.1, 0.15) is 18.2 Å². The summed E-state index contributed by atoms with van der Waals surface area (Å²) in [5.41, 5.74) is 2.86. The van der Waals surface area contributed by atoms with Crippen LogP contribution in [0.2, 0.25) is 0 Å². The molecule has 1 N–H and O–H groups in total. The fraction of sp³-hybridized carbons (Fsp3) is 0.273. The molecule has 0 radical (unpaired) electrons. The van der Waals surface area contributed by atoms with E-state index in [1.807, 2.05) is 54.8 Å². The lowest BCUT2D eigenvalue weighted by Gasteiger charge is -2.22. The molecule has 0 bridgehead atoms. The van der Waals surface area contributed by atoms with E-state index in [-0.39, 0.29) is 23.2 Å². The van der Waals surface area contributed by atoms with Gasteiger partial charge in [-0.2, -0.15) is 4.31 Å². The number of rotatable bonds is 7. The van der Waals surface area contributed by atoms with Crippen molar-refractivity contribution in [1.29, 1.82) is 0 Å². The molecule has 0 aliphatic carbocycles. The molecule has 4 rings (SSSR count). The van der Waals surface area contributed by atoms with Gasteiger partial charge in [-0.1, -0.05) is 49.4 Å². The van der Waals surface area contributed by atoms with Gasteiger partial charge in [-0.25, -0.2) is 13.4 Å². The minimum Gasteiger partial charge on any atom is -0.349 e. The number of benzene rings is 2. The SMILES string of the molecule is CCc1ccc(S(=O)(=O)N2CSC[C@@H]2C(=O)NCc2csc(-c3ccccc3)n2)cc1. The van der Waals surface area contributed by atoms with Gasteiger partial charge in [0.25, 0.3) is 0 Å². The molecule has 1 aromatic heterocycles. The van der Waals surface area contributed by atoms with Gasteiger partial charge in [0.1, 0.15) is 11.0 Å². The van der Waals surface area contributed by atoms with E-state index in [0.717, 1.165) is 28.2 Å². The molecule has 2 aromatic carbocycles. The predicted octanol–water partition coefficient (Wildman–Crippen LogP) is 3.75. The normalized spacial score (nSPS) is 17.0. The van der Waals surface area contributed by atoms with Crippen LogP contribution in [0.3, 0.4) is 0 Å². The van der Waals surface area contributed by atoms with Crippen molar-refractivity contribution in [3.8, 4) is 10.6 Å². The van der Waals surface area contributed by atoms with Gasteiger partial charge in [0.2, 0.25) is 15.9 Å². The average Bonchev–Trinajstić information content (AvgIpc) is 3.48. The van der Waals surface area contributed by atoms with Crippen LogP contribution in [0.4, 0.5) is 0 Å². The molecule has 1 saturated heterocycles. The van der Waals surface area contributed by atoms with E-state index in [4.69, 9.17) is 0 Å². The van der Waals surface area contributed by atoms with E-state index in [1.165, 1.54) is 27.4 Å². The van der Waals surface area contributed by atoms with E-state index in [0.29, 0.717) is 5.75 Å². The third-order valence-electron chi connectivity index (χ3n) is 5.10. The summed E-state index contributed by atoms with van der Waals surface area (Å²) in [6, 6.07) is 16.0. The molecule has 0 unspecified atom stereocenters. The number of hydrogen-bond donors (Lipinski definition) is 1. The van der Waals surface area contributed by atoms with Crippen LogP contribution in [0.15, 0.2) is 64.9 Å². The Morgan fingerprint density at radius 2 is 1.90 bits per heavy atom. The van der Waals surface area contributed by atoms with Crippen LogP contribution in [-0.2, 0) is 27.8 Å². The summed E-state index contributed by atoms with van der Waals surface area (Å²) in [6.45, 7) is 2.29. The maximum absolute atomic E-state index is 13.1. The number of aromatic nitrogens is 1. The van der Waals surface area contributed by atoms with Crippen molar-refractivity contribution in [3.63, 3.8) is 0 Å². The molecule has 1 aliphatic rings. The number of amides is 1. The highest BCUT2D eigenvalue weighted by atomic mass is 32.2. The van der Waals surface area contributed by atoms with Crippen molar-refractivity contribution in [3.05, 3.63) is 71.2 Å². The average molecular weight is 474 g/mol. The van der Waals surface area contributed by atoms with Crippen LogP contribution >= 0.6 is 23.1 Å². The number of hydrogen-bond acceptors (Lipinski definition) is 6. The van der Waals surface area contributed by atoms with Gasteiger partial charge in [0, 0.05) is 16.7 Å². The topological polar surface area (TPSA) is 79.4 Å². The van der Waals surface area contributed by atoms with Crippen molar-refractivity contribution < 1.29 is 13.2 Å². The second-order valence-corrected chi connectivity index (χ2v) is 10.9. The molecule has 31 heavy (non-hydrogen) atoms. The molecular weight excluding hydrogens is 450 g/mol. The monoisotopic (exact) mass is 473 g/mol. The summed E-state index contributed by atoms with van der Waals surface area (Å²) in [4.78, 5) is 17.6. The maximum atomic E-state index is 13.1. The van der Waals surface area contributed by atoms with Gasteiger partial charge in [-0.3, -0.25) is 4.79 Å². The van der Waals surface area contributed by atoms with Crippen LogP contribution in [0, 0.1) is 0 Å². The summed E-state index contributed by atoms with van der Waals surface area (Å²) in [5, 5.41) is 5.67. The molecule has 1 fully saturated rings. The largest absolute Gasteiger partial charge is 0.349 e. The number of thioether (sulfide) groups is 1. The van der Waals surface area contributed by atoms with Crippen LogP contribution in [-0.4, -0.2) is 41.3 Å². The van der Waals surface area contributed by atoms with Gasteiger partial charge in [-0.05, 0) is 24.1 Å².